The van der Waals surface area contributed by atoms with Gasteiger partial charge in [0.2, 0.25) is 0 Å². The van der Waals surface area contributed by atoms with E-state index in [0.717, 1.165) is 12.8 Å². The van der Waals surface area contributed by atoms with Gasteiger partial charge in [-0.15, -0.1) is 0 Å². The highest BCUT2D eigenvalue weighted by Gasteiger charge is 2.24. The number of hydrogen-bond donors (Lipinski definition) is 1. The Morgan fingerprint density at radius 3 is 2.69 bits per heavy atom. The van der Waals surface area contributed by atoms with Crippen molar-refractivity contribution < 1.29 is 23.1 Å². The Hall–Kier alpha value is -2.77. The highest BCUT2D eigenvalue weighted by molar-refractivity contribution is 5.95. The van der Waals surface area contributed by atoms with Crippen molar-refractivity contribution in [1.82, 2.24) is 15.1 Å². The summed E-state index contributed by atoms with van der Waals surface area (Å²) in [6, 6.07) is 6.53. The quantitative estimate of drug-likeness (QED) is 0.633. The van der Waals surface area contributed by atoms with E-state index >= 15 is 0 Å². The van der Waals surface area contributed by atoms with Gasteiger partial charge in [0.15, 0.2) is 0 Å². The van der Waals surface area contributed by atoms with Crippen molar-refractivity contribution in [3.8, 4) is 5.75 Å². The molecule has 0 bridgehead atoms. The number of amides is 1. The summed E-state index contributed by atoms with van der Waals surface area (Å²) in [6.07, 6.45) is 1.78. The van der Waals surface area contributed by atoms with Gasteiger partial charge in [0, 0.05) is 22.9 Å². The summed E-state index contributed by atoms with van der Waals surface area (Å²) < 4.78 is 31.6. The molecular formula is C18H19F2N3O3. The summed E-state index contributed by atoms with van der Waals surface area (Å²) in [7, 11) is 0. The van der Waals surface area contributed by atoms with Crippen LogP contribution in [0.3, 0.4) is 0 Å². The summed E-state index contributed by atoms with van der Waals surface area (Å²) in [4.78, 5) is 24.2. The summed E-state index contributed by atoms with van der Waals surface area (Å²) in [5.74, 6) is -0.588. The van der Waals surface area contributed by atoms with Crippen molar-refractivity contribution in [3.05, 3.63) is 46.8 Å². The number of benzene rings is 1. The monoisotopic (exact) mass is 363 g/mol. The molecular weight excluding hydrogens is 344 g/mol. The maximum absolute atomic E-state index is 12.9. The molecule has 1 aliphatic rings. The maximum atomic E-state index is 12.9. The first-order valence-corrected chi connectivity index (χ1v) is 8.29. The molecule has 6 nitrogen and oxygen atoms in total. The minimum Gasteiger partial charge on any atom is -0.426 e. The van der Waals surface area contributed by atoms with Crippen molar-refractivity contribution >= 4 is 11.9 Å². The van der Waals surface area contributed by atoms with Crippen LogP contribution in [0, 0.1) is 13.8 Å². The number of alkyl halides is 2. The first kappa shape index (κ1) is 18.0. The number of esters is 1. The molecule has 0 unspecified atom stereocenters. The highest BCUT2D eigenvalue weighted by Crippen LogP contribution is 2.22. The van der Waals surface area contributed by atoms with Crippen LogP contribution in [0.4, 0.5) is 8.78 Å². The van der Waals surface area contributed by atoms with Crippen molar-refractivity contribution in [1.29, 1.82) is 0 Å². The molecule has 0 saturated heterocycles. The Kier molecular flexibility index (Phi) is 5.01. The summed E-state index contributed by atoms with van der Waals surface area (Å²) in [5.41, 5.74) is 1.40. The molecule has 3 rings (SSSR count). The molecule has 0 spiro atoms. The van der Waals surface area contributed by atoms with Crippen LogP contribution in [0.1, 0.15) is 46.7 Å². The third kappa shape index (κ3) is 4.07. The van der Waals surface area contributed by atoms with Crippen LogP contribution in [-0.2, 0) is 11.2 Å². The standard InChI is InChI=1S/C18H19F2N3O3/c1-10-15(11(2)23(22-10)18(19)20)9-16(24)26-14-5-3-4-12(8-14)17(25)21-13-6-7-13/h3-5,8,13,18H,6-7,9H2,1-2H3,(H,21,25). The maximum Gasteiger partial charge on any atom is 0.333 e. The SMILES string of the molecule is Cc1nn(C(F)F)c(C)c1CC(=O)Oc1cccc(C(=O)NC2CC2)c1. The van der Waals surface area contributed by atoms with Crippen LogP contribution in [0.25, 0.3) is 0 Å². The molecule has 1 aromatic carbocycles. The second-order valence-electron chi connectivity index (χ2n) is 6.30. The molecule has 1 fully saturated rings. The van der Waals surface area contributed by atoms with Crippen LogP contribution in [0.5, 0.6) is 5.75 Å². The van der Waals surface area contributed by atoms with Gasteiger partial charge >= 0.3 is 12.5 Å². The largest absolute Gasteiger partial charge is 0.426 e. The van der Waals surface area contributed by atoms with E-state index in [4.69, 9.17) is 4.74 Å². The Morgan fingerprint density at radius 1 is 1.35 bits per heavy atom. The summed E-state index contributed by atoms with van der Waals surface area (Å²) in [6.45, 7) is 0.287. The molecule has 1 heterocycles. The zero-order valence-corrected chi connectivity index (χ0v) is 14.5. The number of carbonyl (C=O) groups excluding carboxylic acids is 2. The zero-order chi connectivity index (χ0) is 18.8. The molecule has 2 aromatic rings. The Labute approximate surface area is 149 Å². The number of aromatic nitrogens is 2. The van der Waals surface area contributed by atoms with Crippen molar-refractivity contribution in [3.63, 3.8) is 0 Å². The fourth-order valence-electron chi connectivity index (χ4n) is 2.65. The summed E-state index contributed by atoms with van der Waals surface area (Å²) in [5, 5.41) is 6.60. The first-order chi connectivity index (χ1) is 12.3. The van der Waals surface area contributed by atoms with Gasteiger partial charge in [0.25, 0.3) is 5.91 Å². The Bertz CT molecular complexity index is 844. The van der Waals surface area contributed by atoms with Crippen LogP contribution in [0.2, 0.25) is 0 Å². The van der Waals surface area contributed by atoms with E-state index in [-0.39, 0.29) is 29.8 Å². The zero-order valence-electron chi connectivity index (χ0n) is 14.5. The predicted molar refractivity (Wildman–Crippen MR) is 89.2 cm³/mol. The highest BCUT2D eigenvalue weighted by atomic mass is 19.3. The van der Waals surface area contributed by atoms with Gasteiger partial charge in [-0.25, -0.2) is 4.68 Å². The average Bonchev–Trinajstić information content (AvgIpc) is 3.35. The molecule has 1 saturated carbocycles. The molecule has 0 radical (unpaired) electrons. The van der Waals surface area contributed by atoms with Crippen LogP contribution in [-0.4, -0.2) is 27.7 Å². The lowest BCUT2D eigenvalue weighted by Gasteiger charge is -2.08. The number of carbonyl (C=O) groups is 2. The number of nitrogens with one attached hydrogen (secondary N) is 1. The number of ether oxygens (including phenoxy) is 1. The van der Waals surface area contributed by atoms with E-state index in [1.54, 1.807) is 25.1 Å². The predicted octanol–water partition coefficient (Wildman–Crippen LogP) is 2.94. The fourth-order valence-corrected chi connectivity index (χ4v) is 2.65. The molecule has 1 amide bonds. The number of hydrogen-bond acceptors (Lipinski definition) is 4. The smallest absolute Gasteiger partial charge is 0.333 e. The first-order valence-electron chi connectivity index (χ1n) is 8.29. The number of nitrogens with zero attached hydrogens (tertiary/aromatic N) is 2. The normalized spacial score (nSPS) is 13.7. The lowest BCUT2D eigenvalue weighted by Crippen LogP contribution is -2.25. The number of aryl methyl sites for hydroxylation is 1. The fraction of sp³-hybridized carbons (Fsp3) is 0.389. The Morgan fingerprint density at radius 2 is 2.08 bits per heavy atom. The van der Waals surface area contributed by atoms with Crippen LogP contribution in [0.15, 0.2) is 24.3 Å². The van der Waals surface area contributed by atoms with Crippen LogP contribution < -0.4 is 10.1 Å². The molecule has 1 N–H and O–H groups in total. The second-order valence-corrected chi connectivity index (χ2v) is 6.30. The minimum atomic E-state index is -2.76. The van der Waals surface area contributed by atoms with Crippen molar-refractivity contribution in [2.75, 3.05) is 0 Å². The van der Waals surface area contributed by atoms with Gasteiger partial charge in [-0.2, -0.15) is 13.9 Å². The molecule has 1 aliphatic carbocycles. The van der Waals surface area contributed by atoms with Crippen molar-refractivity contribution in [2.24, 2.45) is 0 Å². The van der Waals surface area contributed by atoms with E-state index in [1.165, 1.54) is 13.0 Å². The third-order valence-corrected chi connectivity index (χ3v) is 4.22. The van der Waals surface area contributed by atoms with E-state index in [0.29, 0.717) is 21.5 Å². The van der Waals surface area contributed by atoms with Gasteiger partial charge < -0.3 is 10.1 Å². The van der Waals surface area contributed by atoms with Gasteiger partial charge in [-0.1, -0.05) is 6.07 Å². The Balaban J connectivity index is 1.68. The minimum absolute atomic E-state index is 0.178. The molecule has 138 valence electrons. The molecule has 0 atom stereocenters. The van der Waals surface area contributed by atoms with Gasteiger partial charge in [0.05, 0.1) is 12.1 Å². The van der Waals surface area contributed by atoms with E-state index in [1.807, 2.05) is 0 Å². The second kappa shape index (κ2) is 7.23. The molecule has 1 aromatic heterocycles. The number of halogens is 2. The van der Waals surface area contributed by atoms with Gasteiger partial charge in [-0.05, 0) is 44.9 Å². The lowest BCUT2D eigenvalue weighted by molar-refractivity contribution is -0.133. The van der Waals surface area contributed by atoms with Gasteiger partial charge in [-0.3, -0.25) is 9.59 Å². The van der Waals surface area contributed by atoms with Gasteiger partial charge in [0.1, 0.15) is 5.75 Å². The summed E-state index contributed by atoms with van der Waals surface area (Å²) >= 11 is 0. The van der Waals surface area contributed by atoms with E-state index < -0.39 is 12.5 Å². The molecule has 0 aliphatic heterocycles. The molecule has 26 heavy (non-hydrogen) atoms. The topological polar surface area (TPSA) is 73.2 Å². The lowest BCUT2D eigenvalue weighted by atomic mass is 10.1. The number of rotatable bonds is 6. The van der Waals surface area contributed by atoms with E-state index in [2.05, 4.69) is 10.4 Å². The van der Waals surface area contributed by atoms with E-state index in [9.17, 15) is 18.4 Å². The van der Waals surface area contributed by atoms with Crippen LogP contribution >= 0.6 is 0 Å². The third-order valence-electron chi connectivity index (χ3n) is 4.22. The average molecular weight is 363 g/mol. The van der Waals surface area contributed by atoms with Crippen molar-refractivity contribution in [2.45, 2.75) is 45.7 Å². The molecule has 8 heteroatoms.